The number of carbonyl (C=O) groups excluding carboxylic acids is 2. The van der Waals surface area contributed by atoms with Crippen molar-refractivity contribution in [1.29, 1.82) is 0 Å². The molecule has 0 spiro atoms. The highest BCUT2D eigenvalue weighted by atomic mass is 16.5. The van der Waals surface area contributed by atoms with Crippen LogP contribution in [0.3, 0.4) is 0 Å². The summed E-state index contributed by atoms with van der Waals surface area (Å²) in [5.74, 6) is -0.419. The lowest BCUT2D eigenvalue weighted by Crippen LogP contribution is -2.28. The molecular formula is C30H35NO9. The van der Waals surface area contributed by atoms with Crippen molar-refractivity contribution in [3.05, 3.63) is 65.5 Å². The number of nitrogens with zero attached hydrogens (tertiary/aromatic N) is 1. The van der Waals surface area contributed by atoms with Crippen molar-refractivity contribution in [2.45, 2.75) is 32.3 Å². The molecule has 0 bridgehead atoms. The Morgan fingerprint density at radius 3 is 1.77 bits per heavy atom. The van der Waals surface area contributed by atoms with Crippen LogP contribution in [0.5, 0.6) is 34.5 Å². The Labute approximate surface area is 233 Å². The maximum absolute atomic E-state index is 13.2. The smallest absolute Gasteiger partial charge is 0.309 e. The van der Waals surface area contributed by atoms with Crippen molar-refractivity contribution in [1.82, 2.24) is 4.98 Å². The number of Topliss-reactive ketones (excluding diaryl/α,β-unsaturated/α-hetero) is 1. The van der Waals surface area contributed by atoms with E-state index in [4.69, 9.17) is 28.4 Å². The van der Waals surface area contributed by atoms with Gasteiger partial charge in [-0.05, 0) is 19.1 Å². The number of aromatic nitrogens is 1. The average molecular weight is 554 g/mol. The van der Waals surface area contributed by atoms with Gasteiger partial charge in [0.2, 0.25) is 0 Å². The van der Waals surface area contributed by atoms with E-state index in [-0.39, 0.29) is 23.6 Å². The van der Waals surface area contributed by atoms with Crippen molar-refractivity contribution < 1.29 is 43.1 Å². The quantitative estimate of drug-likeness (QED) is 0.233. The molecule has 2 atom stereocenters. The zero-order valence-electron chi connectivity index (χ0n) is 23.7. The van der Waals surface area contributed by atoms with Gasteiger partial charge in [-0.25, -0.2) is 4.98 Å². The molecule has 214 valence electrons. The lowest BCUT2D eigenvalue weighted by molar-refractivity contribution is -0.153. The van der Waals surface area contributed by atoms with Crippen molar-refractivity contribution in [3.8, 4) is 34.5 Å². The monoisotopic (exact) mass is 553 g/mol. The highest BCUT2D eigenvalue weighted by Gasteiger charge is 2.32. The molecule has 2 aromatic carbocycles. The van der Waals surface area contributed by atoms with E-state index >= 15 is 0 Å². The number of benzene rings is 2. The number of hydrogen-bond acceptors (Lipinski definition) is 10. The summed E-state index contributed by atoms with van der Waals surface area (Å²) in [6.07, 6.45) is 0.422. The summed E-state index contributed by atoms with van der Waals surface area (Å²) >= 11 is 0. The molecule has 0 saturated carbocycles. The molecule has 1 N–H and O–H groups in total. The zero-order chi connectivity index (χ0) is 29.4. The molecular weight excluding hydrogens is 518 g/mol. The van der Waals surface area contributed by atoms with Crippen LogP contribution in [0.15, 0.2) is 48.7 Å². The number of carbonyl (C=O) groups is 2. The van der Waals surface area contributed by atoms with Crippen LogP contribution in [-0.4, -0.2) is 63.5 Å². The first-order valence-corrected chi connectivity index (χ1v) is 12.6. The van der Waals surface area contributed by atoms with E-state index in [0.29, 0.717) is 23.0 Å². The third-order valence-electron chi connectivity index (χ3n) is 6.59. The van der Waals surface area contributed by atoms with Gasteiger partial charge in [-0.1, -0.05) is 19.1 Å². The summed E-state index contributed by atoms with van der Waals surface area (Å²) in [7, 11) is 7.59. The van der Waals surface area contributed by atoms with Crippen LogP contribution in [0.2, 0.25) is 0 Å². The van der Waals surface area contributed by atoms with Crippen molar-refractivity contribution in [3.63, 3.8) is 0 Å². The van der Waals surface area contributed by atoms with E-state index in [1.807, 2.05) is 12.1 Å². The van der Waals surface area contributed by atoms with E-state index in [1.165, 1.54) is 19.4 Å². The van der Waals surface area contributed by atoms with E-state index in [1.54, 1.807) is 66.6 Å². The minimum Gasteiger partial charge on any atom is -0.503 e. The Morgan fingerprint density at radius 1 is 0.775 bits per heavy atom. The number of rotatable bonds is 13. The van der Waals surface area contributed by atoms with Crippen LogP contribution < -0.4 is 23.7 Å². The average Bonchev–Trinajstić information content (AvgIpc) is 2.97. The molecule has 0 fully saturated rings. The Bertz CT molecular complexity index is 1290. The van der Waals surface area contributed by atoms with Gasteiger partial charge in [-0.3, -0.25) is 9.59 Å². The van der Waals surface area contributed by atoms with E-state index < -0.39 is 29.7 Å². The lowest BCUT2D eigenvalue weighted by atomic mass is 9.85. The van der Waals surface area contributed by atoms with Gasteiger partial charge in [0, 0.05) is 41.9 Å². The molecule has 10 nitrogen and oxygen atoms in total. The first kappa shape index (κ1) is 30.1. The van der Waals surface area contributed by atoms with Gasteiger partial charge in [-0.15, -0.1) is 0 Å². The lowest BCUT2D eigenvalue weighted by Gasteiger charge is -2.29. The van der Waals surface area contributed by atoms with Crippen LogP contribution in [0.4, 0.5) is 0 Å². The minimum absolute atomic E-state index is 0.118. The third kappa shape index (κ3) is 6.56. The fraction of sp³-hybridized carbons (Fsp3) is 0.367. The minimum atomic E-state index is -0.821. The summed E-state index contributed by atoms with van der Waals surface area (Å²) < 4.78 is 33.0. The Balaban J connectivity index is 1.93. The van der Waals surface area contributed by atoms with Gasteiger partial charge in [0.05, 0.1) is 47.4 Å². The number of ketones is 1. The molecule has 0 aliphatic heterocycles. The van der Waals surface area contributed by atoms with E-state index in [9.17, 15) is 14.7 Å². The molecule has 3 rings (SSSR count). The second kappa shape index (κ2) is 13.5. The molecule has 1 heterocycles. The van der Waals surface area contributed by atoms with Gasteiger partial charge in [0.15, 0.2) is 23.0 Å². The highest BCUT2D eigenvalue weighted by molar-refractivity contribution is 5.99. The Kier molecular flexibility index (Phi) is 10.2. The number of pyridine rings is 1. The highest BCUT2D eigenvalue weighted by Crippen LogP contribution is 2.42. The summed E-state index contributed by atoms with van der Waals surface area (Å²) in [6, 6.07) is 12.2. The summed E-state index contributed by atoms with van der Waals surface area (Å²) in [5.41, 5.74) is 1.30. The molecule has 0 aliphatic rings. The van der Waals surface area contributed by atoms with Crippen molar-refractivity contribution in [2.75, 3.05) is 35.5 Å². The second-order valence-electron chi connectivity index (χ2n) is 9.07. The van der Waals surface area contributed by atoms with Crippen LogP contribution in [0, 0.1) is 5.92 Å². The van der Waals surface area contributed by atoms with E-state index in [0.717, 1.165) is 11.1 Å². The standard InChI is InChI=1S/C30H35NO9/c1-17(14-23(32)28-29(33)24(37-5)12-13-31-28)30(34)40-18(2)27(21-10-8-19(35-3)15-25(21)38-6)22-11-9-20(36-4)16-26(22)39-7/h8-13,15-18,27,33H,14H2,1-7H3/t17-,18+/m1/s1. The molecule has 0 saturated heterocycles. The molecule has 0 unspecified atom stereocenters. The predicted octanol–water partition coefficient (Wildman–Crippen LogP) is 4.80. The van der Waals surface area contributed by atoms with Crippen molar-refractivity contribution >= 4 is 11.8 Å². The van der Waals surface area contributed by atoms with Gasteiger partial charge in [0.1, 0.15) is 29.1 Å². The van der Waals surface area contributed by atoms with Crippen LogP contribution in [0.1, 0.15) is 47.8 Å². The first-order valence-electron chi connectivity index (χ1n) is 12.6. The summed E-state index contributed by atoms with van der Waals surface area (Å²) in [5, 5.41) is 10.3. The normalized spacial score (nSPS) is 12.3. The Hall–Kier alpha value is -4.47. The van der Waals surface area contributed by atoms with Gasteiger partial charge >= 0.3 is 5.97 Å². The maximum Gasteiger partial charge on any atom is 0.309 e. The second-order valence-corrected chi connectivity index (χ2v) is 9.07. The molecule has 3 aromatic rings. The zero-order valence-corrected chi connectivity index (χ0v) is 23.7. The van der Waals surface area contributed by atoms with Crippen LogP contribution >= 0.6 is 0 Å². The summed E-state index contributed by atoms with van der Waals surface area (Å²) in [6.45, 7) is 3.35. The van der Waals surface area contributed by atoms with Gasteiger partial charge < -0.3 is 33.5 Å². The van der Waals surface area contributed by atoms with Crippen molar-refractivity contribution in [2.24, 2.45) is 5.92 Å². The summed E-state index contributed by atoms with van der Waals surface area (Å²) in [4.78, 5) is 30.0. The maximum atomic E-state index is 13.2. The fourth-order valence-electron chi connectivity index (χ4n) is 4.45. The predicted molar refractivity (Wildman–Crippen MR) is 147 cm³/mol. The number of hydrogen-bond donors (Lipinski definition) is 1. The number of esters is 1. The topological polar surface area (TPSA) is 123 Å². The Morgan fingerprint density at radius 2 is 1.30 bits per heavy atom. The van der Waals surface area contributed by atoms with Gasteiger partial charge in [-0.2, -0.15) is 0 Å². The molecule has 0 aliphatic carbocycles. The molecule has 10 heteroatoms. The fourth-order valence-corrected chi connectivity index (χ4v) is 4.45. The number of aromatic hydroxyl groups is 1. The molecule has 0 amide bonds. The number of methoxy groups -OCH3 is 5. The first-order chi connectivity index (χ1) is 19.2. The van der Waals surface area contributed by atoms with Gasteiger partial charge in [0.25, 0.3) is 0 Å². The molecule has 1 aromatic heterocycles. The SMILES string of the molecule is COc1ccc(C(c2ccc(OC)cc2OC)[C@H](C)OC(=O)[C@H](C)CC(=O)c2nccc(OC)c2O)c(OC)c1. The van der Waals surface area contributed by atoms with E-state index in [2.05, 4.69) is 4.98 Å². The van der Waals surface area contributed by atoms with Crippen LogP contribution in [0.25, 0.3) is 0 Å². The third-order valence-corrected chi connectivity index (χ3v) is 6.59. The largest absolute Gasteiger partial charge is 0.503 e. The molecule has 0 radical (unpaired) electrons. The number of ether oxygens (including phenoxy) is 6. The van der Waals surface area contributed by atoms with Crippen LogP contribution in [-0.2, 0) is 9.53 Å². The molecule has 40 heavy (non-hydrogen) atoms.